The highest BCUT2D eigenvalue weighted by Gasteiger charge is 2.23. The Balaban J connectivity index is 2.02. The van der Waals surface area contributed by atoms with Gasteiger partial charge in [-0.1, -0.05) is 23.7 Å². The quantitative estimate of drug-likeness (QED) is 0.834. The summed E-state index contributed by atoms with van der Waals surface area (Å²) in [5.41, 5.74) is 2.34. The Labute approximate surface area is 114 Å². The highest BCUT2D eigenvalue weighted by atomic mass is 35.5. The van der Waals surface area contributed by atoms with Gasteiger partial charge in [0.2, 0.25) is 0 Å². The van der Waals surface area contributed by atoms with Gasteiger partial charge < -0.3 is 0 Å². The van der Waals surface area contributed by atoms with Crippen molar-refractivity contribution in [2.24, 2.45) is 5.92 Å². The van der Waals surface area contributed by atoms with E-state index in [0.29, 0.717) is 5.78 Å². The van der Waals surface area contributed by atoms with E-state index in [-0.39, 0.29) is 5.92 Å². The second kappa shape index (κ2) is 5.85. The van der Waals surface area contributed by atoms with Gasteiger partial charge in [-0.3, -0.25) is 9.69 Å². The van der Waals surface area contributed by atoms with Gasteiger partial charge in [-0.25, -0.2) is 0 Å². The highest BCUT2D eigenvalue weighted by molar-refractivity contribution is 6.31. The molecular weight excluding hydrogens is 246 g/mol. The molecule has 0 bridgehead atoms. The number of rotatable bonds is 3. The van der Waals surface area contributed by atoms with Crippen molar-refractivity contribution in [2.75, 3.05) is 13.1 Å². The van der Waals surface area contributed by atoms with Crippen LogP contribution >= 0.6 is 11.6 Å². The van der Waals surface area contributed by atoms with E-state index < -0.39 is 0 Å². The number of piperidine rings is 1. The van der Waals surface area contributed by atoms with Gasteiger partial charge in [0.25, 0.3) is 0 Å². The van der Waals surface area contributed by atoms with E-state index >= 15 is 0 Å². The van der Waals surface area contributed by atoms with Crippen molar-refractivity contribution in [3.05, 3.63) is 34.3 Å². The summed E-state index contributed by atoms with van der Waals surface area (Å²) in [6, 6.07) is 6.19. The Morgan fingerprint density at radius 2 is 2.28 bits per heavy atom. The standard InChI is InChI=1S/C15H20ClNO/c1-11-5-6-14(15(16)8-11)10-17-7-3-4-13(9-17)12(2)18/h5-6,8,13H,3-4,7,9-10H2,1-2H3. The van der Waals surface area contributed by atoms with Crippen LogP contribution in [0.25, 0.3) is 0 Å². The molecule has 0 amide bonds. The molecule has 1 aliphatic heterocycles. The summed E-state index contributed by atoms with van der Waals surface area (Å²) in [5.74, 6) is 0.526. The number of ketones is 1. The summed E-state index contributed by atoms with van der Waals surface area (Å²) in [4.78, 5) is 13.8. The highest BCUT2D eigenvalue weighted by Crippen LogP contribution is 2.23. The van der Waals surface area contributed by atoms with Gasteiger partial charge in [-0.05, 0) is 50.4 Å². The topological polar surface area (TPSA) is 20.3 Å². The van der Waals surface area contributed by atoms with Crippen LogP contribution in [-0.2, 0) is 11.3 Å². The number of halogens is 1. The first kappa shape index (κ1) is 13.6. The minimum Gasteiger partial charge on any atom is -0.300 e. The Morgan fingerprint density at radius 1 is 1.50 bits per heavy atom. The Hall–Kier alpha value is -0.860. The van der Waals surface area contributed by atoms with Crippen LogP contribution in [0, 0.1) is 12.8 Å². The minimum atomic E-state index is 0.211. The molecule has 1 aromatic rings. The summed E-state index contributed by atoms with van der Waals surface area (Å²) in [6.45, 7) is 6.53. The number of hydrogen-bond acceptors (Lipinski definition) is 2. The first-order valence-electron chi connectivity index (χ1n) is 6.54. The number of hydrogen-bond donors (Lipinski definition) is 0. The molecule has 0 radical (unpaired) electrons. The molecule has 98 valence electrons. The van der Waals surface area contributed by atoms with Crippen molar-refractivity contribution in [2.45, 2.75) is 33.2 Å². The fraction of sp³-hybridized carbons (Fsp3) is 0.533. The fourth-order valence-corrected chi connectivity index (χ4v) is 2.85. The minimum absolute atomic E-state index is 0.211. The van der Waals surface area contributed by atoms with E-state index in [1.807, 2.05) is 13.0 Å². The van der Waals surface area contributed by atoms with Crippen LogP contribution in [0.1, 0.15) is 30.9 Å². The van der Waals surface area contributed by atoms with Gasteiger partial charge in [0.05, 0.1) is 0 Å². The van der Waals surface area contributed by atoms with Gasteiger partial charge >= 0.3 is 0 Å². The second-order valence-corrected chi connectivity index (χ2v) is 5.69. The molecule has 0 aromatic heterocycles. The lowest BCUT2D eigenvalue weighted by molar-refractivity contribution is -0.122. The number of benzene rings is 1. The summed E-state index contributed by atoms with van der Waals surface area (Å²) < 4.78 is 0. The lowest BCUT2D eigenvalue weighted by atomic mass is 9.94. The van der Waals surface area contributed by atoms with Gasteiger partial charge in [0, 0.05) is 24.0 Å². The number of aryl methyl sites for hydroxylation is 1. The SMILES string of the molecule is CC(=O)C1CCCN(Cc2ccc(C)cc2Cl)C1. The zero-order chi connectivity index (χ0) is 13.1. The zero-order valence-electron chi connectivity index (χ0n) is 11.1. The van der Waals surface area contributed by atoms with Crippen LogP contribution in [0.2, 0.25) is 5.02 Å². The normalized spacial score (nSPS) is 20.9. The van der Waals surface area contributed by atoms with E-state index in [1.165, 1.54) is 5.56 Å². The van der Waals surface area contributed by atoms with Crippen LogP contribution in [0.3, 0.4) is 0 Å². The van der Waals surface area contributed by atoms with Crippen LogP contribution in [0.15, 0.2) is 18.2 Å². The van der Waals surface area contributed by atoms with E-state index in [4.69, 9.17) is 11.6 Å². The zero-order valence-corrected chi connectivity index (χ0v) is 11.8. The van der Waals surface area contributed by atoms with Crippen molar-refractivity contribution in [1.29, 1.82) is 0 Å². The van der Waals surface area contributed by atoms with Gasteiger partial charge in [-0.15, -0.1) is 0 Å². The Bertz CT molecular complexity index is 444. The monoisotopic (exact) mass is 265 g/mol. The van der Waals surface area contributed by atoms with Crippen molar-refractivity contribution in [3.63, 3.8) is 0 Å². The third-order valence-electron chi connectivity index (χ3n) is 3.68. The summed E-state index contributed by atoms with van der Waals surface area (Å²) in [5, 5.41) is 0.833. The number of likely N-dealkylation sites (tertiary alicyclic amines) is 1. The Kier molecular flexibility index (Phi) is 4.41. The molecule has 1 atom stereocenters. The van der Waals surface area contributed by atoms with Crippen molar-refractivity contribution in [3.8, 4) is 0 Å². The average molecular weight is 266 g/mol. The van der Waals surface area contributed by atoms with Gasteiger partial charge in [0.15, 0.2) is 0 Å². The molecule has 1 unspecified atom stereocenters. The smallest absolute Gasteiger partial charge is 0.134 e. The van der Waals surface area contributed by atoms with Gasteiger partial charge in [-0.2, -0.15) is 0 Å². The Morgan fingerprint density at radius 3 is 2.94 bits per heavy atom. The molecule has 3 heteroatoms. The maximum Gasteiger partial charge on any atom is 0.134 e. The molecule has 0 aliphatic carbocycles. The first-order chi connectivity index (χ1) is 8.56. The van der Waals surface area contributed by atoms with Crippen LogP contribution < -0.4 is 0 Å². The summed E-state index contributed by atoms with van der Waals surface area (Å²) in [7, 11) is 0. The molecular formula is C15H20ClNO. The number of carbonyl (C=O) groups excluding carboxylic acids is 1. The molecule has 1 aromatic carbocycles. The van der Waals surface area contributed by atoms with Crippen LogP contribution in [-0.4, -0.2) is 23.8 Å². The lowest BCUT2D eigenvalue weighted by Crippen LogP contribution is -2.37. The van der Waals surface area contributed by atoms with Crippen molar-refractivity contribution >= 4 is 17.4 Å². The van der Waals surface area contributed by atoms with E-state index in [9.17, 15) is 4.79 Å². The first-order valence-corrected chi connectivity index (χ1v) is 6.92. The van der Waals surface area contributed by atoms with Crippen LogP contribution in [0.4, 0.5) is 0 Å². The van der Waals surface area contributed by atoms with Crippen molar-refractivity contribution in [1.82, 2.24) is 4.90 Å². The summed E-state index contributed by atoms with van der Waals surface area (Å²) >= 11 is 6.25. The molecule has 0 saturated carbocycles. The maximum absolute atomic E-state index is 11.5. The molecule has 18 heavy (non-hydrogen) atoms. The molecule has 2 rings (SSSR count). The fourth-order valence-electron chi connectivity index (χ4n) is 2.55. The molecule has 0 spiro atoms. The summed E-state index contributed by atoms with van der Waals surface area (Å²) in [6.07, 6.45) is 2.14. The third-order valence-corrected chi connectivity index (χ3v) is 4.03. The molecule has 1 aliphatic rings. The van der Waals surface area contributed by atoms with E-state index in [1.54, 1.807) is 6.92 Å². The number of nitrogens with zero attached hydrogens (tertiary/aromatic N) is 1. The molecule has 1 saturated heterocycles. The predicted octanol–water partition coefficient (Wildman–Crippen LogP) is 3.45. The molecule has 1 fully saturated rings. The van der Waals surface area contributed by atoms with Crippen molar-refractivity contribution < 1.29 is 4.79 Å². The molecule has 0 N–H and O–H groups in total. The predicted molar refractivity (Wildman–Crippen MR) is 74.9 cm³/mol. The lowest BCUT2D eigenvalue weighted by Gasteiger charge is -2.31. The third kappa shape index (κ3) is 3.33. The van der Waals surface area contributed by atoms with E-state index in [2.05, 4.69) is 17.0 Å². The molecule has 2 nitrogen and oxygen atoms in total. The van der Waals surface area contributed by atoms with Crippen LogP contribution in [0.5, 0.6) is 0 Å². The molecule has 1 heterocycles. The average Bonchev–Trinajstić information content (AvgIpc) is 2.33. The van der Waals surface area contributed by atoms with E-state index in [0.717, 1.165) is 43.1 Å². The largest absolute Gasteiger partial charge is 0.300 e. The number of Topliss-reactive ketones (excluding diaryl/α,β-unsaturated/α-hetero) is 1. The van der Waals surface area contributed by atoms with Gasteiger partial charge in [0.1, 0.15) is 5.78 Å². The number of carbonyl (C=O) groups is 1. The maximum atomic E-state index is 11.5. The second-order valence-electron chi connectivity index (χ2n) is 5.28.